The van der Waals surface area contributed by atoms with Crippen molar-refractivity contribution in [1.82, 2.24) is 5.32 Å². The summed E-state index contributed by atoms with van der Waals surface area (Å²) in [6.45, 7) is -0.0573. The summed E-state index contributed by atoms with van der Waals surface area (Å²) >= 11 is 0. The molecule has 5 heteroatoms. The zero-order chi connectivity index (χ0) is 11.9. The molecule has 0 heterocycles. The highest BCUT2D eigenvalue weighted by Crippen LogP contribution is 2.55. The van der Waals surface area contributed by atoms with Crippen LogP contribution in [0.3, 0.4) is 0 Å². The topological polar surface area (TPSA) is 77.9 Å². The van der Waals surface area contributed by atoms with Crippen LogP contribution in [0.5, 0.6) is 0 Å². The van der Waals surface area contributed by atoms with Gasteiger partial charge in [-0.25, -0.2) is 0 Å². The van der Waals surface area contributed by atoms with Crippen molar-refractivity contribution in [3.05, 3.63) is 10.4 Å². The summed E-state index contributed by atoms with van der Waals surface area (Å²) in [4.78, 5) is 14.3. The van der Waals surface area contributed by atoms with E-state index in [1.807, 2.05) is 0 Å². The van der Waals surface area contributed by atoms with Crippen molar-refractivity contribution in [2.75, 3.05) is 6.54 Å². The Hall–Kier alpha value is -1.22. The molecule has 5 nitrogen and oxygen atoms in total. The number of carbonyl (C=O) groups excluding carboxylic acids is 1. The van der Waals surface area contributed by atoms with Crippen molar-refractivity contribution in [1.29, 1.82) is 0 Å². The minimum atomic E-state index is -0.107. The molecule has 0 atom stereocenters. The molecule has 0 aromatic heterocycles. The van der Waals surface area contributed by atoms with Gasteiger partial charge in [0.1, 0.15) is 6.54 Å². The molecule has 4 saturated carbocycles. The molecule has 1 N–H and O–H groups in total. The third kappa shape index (κ3) is 2.00. The first-order valence-corrected chi connectivity index (χ1v) is 6.51. The highest BCUT2D eigenvalue weighted by Gasteiger charge is 2.51. The summed E-state index contributed by atoms with van der Waals surface area (Å²) in [7, 11) is 0. The molecule has 4 rings (SSSR count). The minimum Gasteiger partial charge on any atom is -0.351 e. The molecular weight excluding hydrogens is 216 g/mol. The lowest BCUT2D eigenvalue weighted by atomic mass is 9.53. The maximum Gasteiger partial charge on any atom is 0.226 e. The average molecular weight is 234 g/mol. The van der Waals surface area contributed by atoms with Gasteiger partial charge < -0.3 is 5.32 Å². The van der Waals surface area contributed by atoms with Crippen LogP contribution >= 0.6 is 0 Å². The van der Waals surface area contributed by atoms with Gasteiger partial charge in [0.05, 0.1) is 0 Å². The van der Waals surface area contributed by atoms with Crippen LogP contribution in [0.1, 0.15) is 38.5 Å². The molecule has 0 aromatic rings. The van der Waals surface area contributed by atoms with Crippen molar-refractivity contribution in [2.24, 2.45) is 22.9 Å². The van der Waals surface area contributed by atoms with E-state index in [-0.39, 0.29) is 18.0 Å². The van der Waals surface area contributed by atoms with Gasteiger partial charge in [-0.15, -0.1) is 0 Å². The van der Waals surface area contributed by atoms with Gasteiger partial charge in [-0.1, -0.05) is 5.11 Å². The maximum atomic E-state index is 11.7. The monoisotopic (exact) mass is 234 g/mol. The zero-order valence-electron chi connectivity index (χ0n) is 9.93. The number of hydrogen-bond donors (Lipinski definition) is 1. The lowest BCUT2D eigenvalue weighted by molar-refractivity contribution is -0.125. The van der Waals surface area contributed by atoms with Crippen molar-refractivity contribution >= 4 is 5.91 Å². The third-order valence-electron chi connectivity index (χ3n) is 4.72. The highest BCUT2D eigenvalue weighted by molar-refractivity contribution is 5.79. The van der Waals surface area contributed by atoms with Crippen LogP contribution in [0.15, 0.2) is 5.11 Å². The first-order valence-electron chi connectivity index (χ1n) is 6.51. The SMILES string of the molecule is [N-]=[N+]=NCC(=O)NC12CC3CC(CC(C3)C1)C2. The summed E-state index contributed by atoms with van der Waals surface area (Å²) in [5.74, 6) is 2.35. The fraction of sp³-hybridized carbons (Fsp3) is 0.917. The van der Waals surface area contributed by atoms with Crippen molar-refractivity contribution < 1.29 is 4.79 Å². The molecule has 4 fully saturated rings. The van der Waals surface area contributed by atoms with E-state index in [9.17, 15) is 4.79 Å². The molecule has 0 unspecified atom stereocenters. The number of amides is 1. The van der Waals surface area contributed by atoms with E-state index in [0.717, 1.165) is 37.0 Å². The largest absolute Gasteiger partial charge is 0.351 e. The maximum absolute atomic E-state index is 11.7. The molecule has 1 amide bonds. The van der Waals surface area contributed by atoms with Crippen molar-refractivity contribution in [3.8, 4) is 0 Å². The standard InChI is InChI=1S/C12H18N4O/c13-16-14-7-11(17)15-12-4-8-1-9(5-12)3-10(2-8)6-12/h8-10H,1-7H2,(H,15,17). The summed E-state index contributed by atoms with van der Waals surface area (Å²) in [6.07, 6.45) is 7.52. The van der Waals surface area contributed by atoms with E-state index >= 15 is 0 Å². The molecular formula is C12H18N4O. The van der Waals surface area contributed by atoms with Crippen molar-refractivity contribution in [3.63, 3.8) is 0 Å². The van der Waals surface area contributed by atoms with Crippen LogP contribution in [-0.4, -0.2) is 18.0 Å². The van der Waals surface area contributed by atoms with Gasteiger partial charge >= 0.3 is 0 Å². The smallest absolute Gasteiger partial charge is 0.226 e. The second-order valence-electron chi connectivity index (χ2n) is 6.14. The summed E-state index contributed by atoms with van der Waals surface area (Å²) in [5.41, 5.74) is 8.26. The number of azide groups is 1. The number of rotatable bonds is 3. The van der Waals surface area contributed by atoms with Crippen molar-refractivity contribution in [2.45, 2.75) is 44.1 Å². The van der Waals surface area contributed by atoms with Gasteiger partial charge in [-0.3, -0.25) is 4.79 Å². The van der Waals surface area contributed by atoms with E-state index in [0.29, 0.717) is 0 Å². The molecule has 0 radical (unpaired) electrons. The summed E-state index contributed by atoms with van der Waals surface area (Å²) < 4.78 is 0. The van der Waals surface area contributed by atoms with E-state index in [4.69, 9.17) is 5.53 Å². The van der Waals surface area contributed by atoms with Gasteiger partial charge in [0.25, 0.3) is 0 Å². The minimum absolute atomic E-state index is 0.0385. The highest BCUT2D eigenvalue weighted by atomic mass is 16.2. The van der Waals surface area contributed by atoms with Crippen LogP contribution in [-0.2, 0) is 4.79 Å². The summed E-state index contributed by atoms with van der Waals surface area (Å²) in [6, 6.07) is 0. The fourth-order valence-corrected chi connectivity index (χ4v) is 4.69. The Morgan fingerprint density at radius 3 is 2.24 bits per heavy atom. The van der Waals surface area contributed by atoms with Gasteiger partial charge in [0.15, 0.2) is 0 Å². The second kappa shape index (κ2) is 3.91. The summed E-state index contributed by atoms with van der Waals surface area (Å²) in [5, 5.41) is 6.49. The van der Waals surface area contributed by atoms with Gasteiger partial charge in [0, 0.05) is 10.5 Å². The lowest BCUT2D eigenvalue weighted by Crippen LogP contribution is -2.60. The molecule has 17 heavy (non-hydrogen) atoms. The second-order valence-corrected chi connectivity index (χ2v) is 6.14. The number of nitrogens with one attached hydrogen (secondary N) is 1. The number of nitrogens with zero attached hydrogens (tertiary/aromatic N) is 3. The van der Waals surface area contributed by atoms with Crippen LogP contribution < -0.4 is 5.32 Å². The van der Waals surface area contributed by atoms with Crippen LogP contribution in [0.4, 0.5) is 0 Å². The number of hydrogen-bond acceptors (Lipinski definition) is 2. The molecule has 4 aliphatic rings. The molecule has 0 saturated heterocycles. The van der Waals surface area contributed by atoms with Crippen LogP contribution in [0, 0.1) is 17.8 Å². The Morgan fingerprint density at radius 2 is 1.76 bits per heavy atom. The van der Waals surface area contributed by atoms with Crippen LogP contribution in [0.2, 0.25) is 0 Å². The van der Waals surface area contributed by atoms with E-state index in [1.165, 1.54) is 19.3 Å². The predicted molar refractivity (Wildman–Crippen MR) is 63.1 cm³/mol. The first-order chi connectivity index (χ1) is 8.19. The molecule has 4 bridgehead atoms. The molecule has 0 aromatic carbocycles. The quantitative estimate of drug-likeness (QED) is 0.454. The fourth-order valence-electron chi connectivity index (χ4n) is 4.69. The Labute approximate surface area is 101 Å². The Morgan fingerprint density at radius 1 is 1.24 bits per heavy atom. The molecule has 4 aliphatic carbocycles. The van der Waals surface area contributed by atoms with E-state index in [2.05, 4.69) is 15.3 Å². The third-order valence-corrected chi connectivity index (χ3v) is 4.72. The van der Waals surface area contributed by atoms with E-state index < -0.39 is 0 Å². The van der Waals surface area contributed by atoms with E-state index in [1.54, 1.807) is 0 Å². The Kier molecular flexibility index (Phi) is 2.51. The normalized spacial score (nSPS) is 42.0. The van der Waals surface area contributed by atoms with Crippen LogP contribution in [0.25, 0.3) is 10.4 Å². The molecule has 0 aliphatic heterocycles. The Bertz CT molecular complexity index is 351. The predicted octanol–water partition coefficient (Wildman–Crippen LogP) is 2.38. The first kappa shape index (κ1) is 10.9. The zero-order valence-corrected chi connectivity index (χ0v) is 9.93. The van der Waals surface area contributed by atoms with Gasteiger partial charge in [0.2, 0.25) is 5.91 Å². The lowest BCUT2D eigenvalue weighted by Gasteiger charge is -2.56. The number of carbonyl (C=O) groups is 1. The molecule has 92 valence electrons. The molecule has 0 spiro atoms. The average Bonchev–Trinajstić information content (AvgIpc) is 2.23. The van der Waals surface area contributed by atoms with Gasteiger partial charge in [-0.05, 0) is 61.8 Å². The van der Waals surface area contributed by atoms with Gasteiger partial charge in [-0.2, -0.15) is 0 Å². The Balaban J connectivity index is 1.69.